The Bertz CT molecular complexity index is 852. The van der Waals surface area contributed by atoms with Gasteiger partial charge >= 0.3 is 0 Å². The van der Waals surface area contributed by atoms with Crippen molar-refractivity contribution in [3.63, 3.8) is 0 Å². The lowest BCUT2D eigenvalue weighted by Gasteiger charge is -2.12. The summed E-state index contributed by atoms with van der Waals surface area (Å²) in [7, 11) is 6.73. The summed E-state index contributed by atoms with van der Waals surface area (Å²) in [6.45, 7) is 0. The van der Waals surface area contributed by atoms with Crippen LogP contribution in [0.1, 0.15) is 15.9 Å². The molecule has 2 aromatic rings. The van der Waals surface area contributed by atoms with Crippen molar-refractivity contribution in [2.75, 3.05) is 33.1 Å². The van der Waals surface area contributed by atoms with E-state index in [4.69, 9.17) is 51.7 Å². The predicted octanol–water partition coefficient (Wildman–Crippen LogP) is 3.21. The standard InChI is InChI=1S/C7H6Cl2N4.C7H7Cl2N3O/c1-13(2)6-4(3-10)5(8)11-7(9)12-6;1-12(2)6(13)4-3-10-7(9)11-5(4)8/h1-2H3;3H,1-2H3. The first-order valence-corrected chi connectivity index (χ1v) is 8.29. The van der Waals surface area contributed by atoms with Crippen LogP contribution in [0.4, 0.5) is 5.82 Å². The number of rotatable bonds is 2. The highest BCUT2D eigenvalue weighted by Crippen LogP contribution is 2.23. The van der Waals surface area contributed by atoms with E-state index in [1.807, 2.05) is 6.07 Å². The van der Waals surface area contributed by atoms with Gasteiger partial charge in [0.05, 0.1) is 5.56 Å². The van der Waals surface area contributed by atoms with Gasteiger partial charge in [0, 0.05) is 34.4 Å². The third-order valence-electron chi connectivity index (χ3n) is 2.70. The summed E-state index contributed by atoms with van der Waals surface area (Å²) in [6.07, 6.45) is 1.31. The number of hydrogen-bond acceptors (Lipinski definition) is 7. The average molecular weight is 437 g/mol. The van der Waals surface area contributed by atoms with Gasteiger partial charge in [0.25, 0.3) is 5.91 Å². The zero-order chi connectivity index (χ0) is 20.0. The van der Waals surface area contributed by atoms with E-state index in [9.17, 15) is 4.79 Å². The smallest absolute Gasteiger partial charge is 0.258 e. The molecule has 8 nitrogen and oxygen atoms in total. The van der Waals surface area contributed by atoms with Crippen LogP contribution >= 0.6 is 46.4 Å². The Labute approximate surface area is 170 Å². The molecule has 0 fully saturated rings. The Kier molecular flexibility index (Phi) is 8.24. The Hall–Kier alpha value is -1.92. The summed E-state index contributed by atoms with van der Waals surface area (Å²) in [5.74, 6) is 0.175. The van der Waals surface area contributed by atoms with Crippen LogP contribution < -0.4 is 4.90 Å². The molecule has 0 N–H and O–H groups in total. The lowest BCUT2D eigenvalue weighted by atomic mass is 10.3. The molecule has 2 rings (SSSR count). The lowest BCUT2D eigenvalue weighted by molar-refractivity contribution is 0.0827. The Morgan fingerprint density at radius 3 is 2.04 bits per heavy atom. The summed E-state index contributed by atoms with van der Waals surface area (Å²) in [5, 5.41) is 8.96. The highest BCUT2D eigenvalue weighted by Gasteiger charge is 2.14. The molecule has 0 radical (unpaired) electrons. The van der Waals surface area contributed by atoms with E-state index in [1.54, 1.807) is 33.1 Å². The molecule has 0 atom stereocenters. The number of anilines is 1. The highest BCUT2D eigenvalue weighted by molar-refractivity contribution is 6.34. The monoisotopic (exact) mass is 435 g/mol. The average Bonchev–Trinajstić information content (AvgIpc) is 2.54. The second-order valence-corrected chi connectivity index (χ2v) is 6.42. The van der Waals surface area contributed by atoms with Gasteiger partial charge in [-0.3, -0.25) is 4.79 Å². The van der Waals surface area contributed by atoms with E-state index in [1.165, 1.54) is 11.1 Å². The van der Waals surface area contributed by atoms with Crippen LogP contribution in [0, 0.1) is 11.3 Å². The Morgan fingerprint density at radius 2 is 1.58 bits per heavy atom. The predicted molar refractivity (Wildman–Crippen MR) is 101 cm³/mol. The van der Waals surface area contributed by atoms with Crippen molar-refractivity contribution in [2.24, 2.45) is 0 Å². The van der Waals surface area contributed by atoms with Crippen molar-refractivity contribution in [2.45, 2.75) is 0 Å². The quantitative estimate of drug-likeness (QED) is 0.526. The van der Waals surface area contributed by atoms with Crippen molar-refractivity contribution in [1.82, 2.24) is 24.8 Å². The van der Waals surface area contributed by atoms with E-state index < -0.39 is 0 Å². The van der Waals surface area contributed by atoms with Crippen molar-refractivity contribution in [3.8, 4) is 6.07 Å². The number of nitriles is 1. The number of hydrogen-bond donors (Lipinski definition) is 0. The molecular formula is C14H13Cl4N7O. The van der Waals surface area contributed by atoms with Crippen LogP contribution in [0.25, 0.3) is 0 Å². The minimum Gasteiger partial charge on any atom is -0.361 e. The van der Waals surface area contributed by atoms with Crippen LogP contribution in [0.3, 0.4) is 0 Å². The molecule has 0 saturated carbocycles. The Balaban J connectivity index is 0.000000260. The van der Waals surface area contributed by atoms with E-state index in [-0.39, 0.29) is 37.9 Å². The van der Waals surface area contributed by atoms with Gasteiger partial charge in [-0.25, -0.2) is 15.0 Å². The summed E-state index contributed by atoms with van der Waals surface area (Å²) >= 11 is 22.4. The first kappa shape index (κ1) is 22.1. The number of amides is 1. The first-order valence-electron chi connectivity index (χ1n) is 6.78. The molecule has 2 aromatic heterocycles. The fraction of sp³-hybridized carbons (Fsp3) is 0.286. The van der Waals surface area contributed by atoms with Gasteiger partial charge < -0.3 is 9.80 Å². The van der Waals surface area contributed by atoms with E-state index in [0.717, 1.165) is 0 Å². The van der Waals surface area contributed by atoms with Crippen molar-refractivity contribution < 1.29 is 4.79 Å². The molecule has 0 aliphatic heterocycles. The minimum atomic E-state index is -0.248. The molecule has 138 valence electrons. The largest absolute Gasteiger partial charge is 0.361 e. The van der Waals surface area contributed by atoms with Gasteiger partial charge in [0.1, 0.15) is 16.8 Å². The second-order valence-electron chi connectivity index (χ2n) is 5.03. The summed E-state index contributed by atoms with van der Waals surface area (Å²) in [5.41, 5.74) is 0.479. The van der Waals surface area contributed by atoms with Crippen LogP contribution in [0.2, 0.25) is 20.9 Å². The summed E-state index contributed by atoms with van der Waals surface area (Å²) in [4.78, 5) is 29.3. The molecule has 0 aliphatic carbocycles. The normalized spacial score (nSPS) is 9.65. The fourth-order valence-corrected chi connectivity index (χ4v) is 2.34. The molecule has 0 saturated heterocycles. The van der Waals surface area contributed by atoms with Crippen molar-refractivity contribution in [1.29, 1.82) is 5.26 Å². The van der Waals surface area contributed by atoms with Gasteiger partial charge in [-0.05, 0) is 23.2 Å². The Morgan fingerprint density at radius 1 is 1.00 bits per heavy atom. The lowest BCUT2D eigenvalue weighted by Crippen LogP contribution is -2.22. The highest BCUT2D eigenvalue weighted by atomic mass is 35.5. The number of halogens is 4. The molecule has 26 heavy (non-hydrogen) atoms. The maximum Gasteiger partial charge on any atom is 0.258 e. The third kappa shape index (κ3) is 5.81. The van der Waals surface area contributed by atoms with Crippen LogP contribution in [-0.4, -0.2) is 58.9 Å². The van der Waals surface area contributed by atoms with Gasteiger partial charge in [-0.2, -0.15) is 10.2 Å². The van der Waals surface area contributed by atoms with Gasteiger partial charge in [-0.1, -0.05) is 23.2 Å². The summed E-state index contributed by atoms with van der Waals surface area (Å²) in [6, 6.07) is 1.92. The fourth-order valence-electron chi connectivity index (χ4n) is 1.54. The molecule has 0 aromatic carbocycles. The third-order valence-corrected chi connectivity index (χ3v) is 3.62. The number of carbonyl (C=O) groups excluding carboxylic acids is 1. The number of nitrogens with zero attached hydrogens (tertiary/aromatic N) is 7. The van der Waals surface area contributed by atoms with Crippen LogP contribution in [-0.2, 0) is 0 Å². The SMILES string of the molecule is CN(C)C(=O)c1cnc(Cl)nc1Cl.CN(C)c1nc(Cl)nc(Cl)c1C#N. The maximum atomic E-state index is 11.4. The zero-order valence-electron chi connectivity index (χ0n) is 14.1. The zero-order valence-corrected chi connectivity index (χ0v) is 17.2. The molecule has 0 aliphatic rings. The van der Waals surface area contributed by atoms with Crippen molar-refractivity contribution >= 4 is 58.1 Å². The van der Waals surface area contributed by atoms with Gasteiger partial charge in [-0.15, -0.1) is 0 Å². The molecule has 12 heteroatoms. The second kappa shape index (κ2) is 9.69. The summed E-state index contributed by atoms with van der Waals surface area (Å²) < 4.78 is 0. The van der Waals surface area contributed by atoms with Gasteiger partial charge in [0.15, 0.2) is 11.0 Å². The van der Waals surface area contributed by atoms with Crippen LogP contribution in [0.15, 0.2) is 6.20 Å². The molecule has 0 unspecified atom stereocenters. The van der Waals surface area contributed by atoms with Crippen molar-refractivity contribution in [3.05, 3.63) is 38.2 Å². The topological polar surface area (TPSA) is 98.9 Å². The molecule has 0 bridgehead atoms. The van der Waals surface area contributed by atoms with Gasteiger partial charge in [0.2, 0.25) is 10.6 Å². The molecule has 2 heterocycles. The number of aromatic nitrogens is 4. The molecule has 0 spiro atoms. The number of carbonyl (C=O) groups is 1. The molecular weight excluding hydrogens is 424 g/mol. The molecule has 1 amide bonds. The maximum absolute atomic E-state index is 11.4. The van der Waals surface area contributed by atoms with E-state index >= 15 is 0 Å². The van der Waals surface area contributed by atoms with E-state index in [2.05, 4.69) is 19.9 Å². The van der Waals surface area contributed by atoms with Crippen LogP contribution in [0.5, 0.6) is 0 Å². The first-order chi connectivity index (χ1) is 12.1. The minimum absolute atomic E-state index is 0.0281. The van der Waals surface area contributed by atoms with E-state index in [0.29, 0.717) is 5.82 Å².